The molecule has 4 nitrogen and oxygen atoms in total. The number of nitriles is 1. The number of hydrogen-bond donors (Lipinski definition) is 0. The molecule has 1 aliphatic rings. The Labute approximate surface area is 123 Å². The number of nitro groups is 1. The second-order valence-corrected chi connectivity index (χ2v) is 6.74. The number of benzene rings is 1. The monoisotopic (exact) mass is 290 g/mol. The van der Waals surface area contributed by atoms with E-state index >= 15 is 0 Å². The first-order chi connectivity index (χ1) is 9.79. The van der Waals surface area contributed by atoms with Crippen LogP contribution in [-0.2, 0) is 6.42 Å². The van der Waals surface area contributed by atoms with E-state index in [0.717, 1.165) is 18.9 Å². The minimum atomic E-state index is -0.804. The summed E-state index contributed by atoms with van der Waals surface area (Å²) in [6.07, 6.45) is 3.48. The number of rotatable bonds is 3. The second-order valence-electron chi connectivity index (χ2n) is 6.74. The lowest BCUT2D eigenvalue weighted by Gasteiger charge is -2.39. The zero-order valence-corrected chi connectivity index (χ0v) is 12.4. The lowest BCUT2D eigenvalue weighted by molar-refractivity contribution is -0.387. The first kappa shape index (κ1) is 15.4. The standard InChI is InChI=1S/C16H19FN2O2/c1-15(2)6-8-16(11-18,9-7-15)10-12-4-3-5-13(14(12)17)19(20)21/h3-5H,6-10H2,1-2H3. The van der Waals surface area contributed by atoms with Crippen LogP contribution in [0.2, 0.25) is 0 Å². The van der Waals surface area contributed by atoms with Gasteiger partial charge in [-0.2, -0.15) is 9.65 Å². The predicted molar refractivity (Wildman–Crippen MR) is 77.1 cm³/mol. The van der Waals surface area contributed by atoms with Gasteiger partial charge < -0.3 is 0 Å². The Hall–Kier alpha value is -1.96. The van der Waals surface area contributed by atoms with Gasteiger partial charge >= 0.3 is 5.69 Å². The number of halogens is 1. The minimum Gasteiger partial charge on any atom is -0.258 e. The van der Waals surface area contributed by atoms with Crippen molar-refractivity contribution >= 4 is 5.69 Å². The molecule has 1 aromatic carbocycles. The van der Waals surface area contributed by atoms with Crippen molar-refractivity contribution in [2.24, 2.45) is 10.8 Å². The van der Waals surface area contributed by atoms with Crippen molar-refractivity contribution in [2.75, 3.05) is 0 Å². The van der Waals surface area contributed by atoms with Crippen LogP contribution in [0.5, 0.6) is 0 Å². The maximum atomic E-state index is 14.2. The summed E-state index contributed by atoms with van der Waals surface area (Å²) in [6.45, 7) is 4.34. The van der Waals surface area contributed by atoms with Crippen LogP contribution in [0.1, 0.15) is 45.1 Å². The Balaban J connectivity index is 2.27. The van der Waals surface area contributed by atoms with Gasteiger partial charge in [-0.05, 0) is 43.1 Å². The van der Waals surface area contributed by atoms with Gasteiger partial charge in [-0.25, -0.2) is 0 Å². The Morgan fingerprint density at radius 1 is 1.33 bits per heavy atom. The molecule has 21 heavy (non-hydrogen) atoms. The van der Waals surface area contributed by atoms with Crippen molar-refractivity contribution < 1.29 is 9.31 Å². The molecule has 0 aromatic heterocycles. The van der Waals surface area contributed by atoms with E-state index in [1.807, 2.05) is 0 Å². The van der Waals surface area contributed by atoms with E-state index < -0.39 is 21.8 Å². The third-order valence-electron chi connectivity index (χ3n) is 4.58. The van der Waals surface area contributed by atoms with E-state index in [2.05, 4.69) is 19.9 Å². The predicted octanol–water partition coefficient (Wildman–Crippen LogP) is 4.39. The van der Waals surface area contributed by atoms with E-state index in [4.69, 9.17) is 0 Å². The van der Waals surface area contributed by atoms with Crippen LogP contribution in [0.15, 0.2) is 18.2 Å². The van der Waals surface area contributed by atoms with Crippen LogP contribution in [0.4, 0.5) is 10.1 Å². The SMILES string of the molecule is CC1(C)CCC(C#N)(Cc2cccc([N+](=O)[O-])c2F)CC1. The Kier molecular flexibility index (Phi) is 3.99. The molecule has 0 aliphatic heterocycles. The van der Waals surface area contributed by atoms with Crippen LogP contribution in [-0.4, -0.2) is 4.92 Å². The van der Waals surface area contributed by atoms with E-state index in [1.54, 1.807) is 6.07 Å². The third-order valence-corrected chi connectivity index (χ3v) is 4.58. The van der Waals surface area contributed by atoms with Crippen molar-refractivity contribution in [1.82, 2.24) is 0 Å². The van der Waals surface area contributed by atoms with Crippen LogP contribution >= 0.6 is 0 Å². The molecule has 0 amide bonds. The molecule has 0 saturated heterocycles. The quantitative estimate of drug-likeness (QED) is 0.612. The molecule has 112 valence electrons. The van der Waals surface area contributed by atoms with E-state index in [9.17, 15) is 19.8 Å². The topological polar surface area (TPSA) is 66.9 Å². The summed E-state index contributed by atoms with van der Waals surface area (Å²) in [7, 11) is 0. The highest BCUT2D eigenvalue weighted by Gasteiger charge is 2.39. The number of hydrogen-bond acceptors (Lipinski definition) is 3. The van der Waals surface area contributed by atoms with Gasteiger partial charge in [0.25, 0.3) is 0 Å². The van der Waals surface area contributed by atoms with Gasteiger partial charge in [0.05, 0.1) is 16.4 Å². The fourth-order valence-corrected chi connectivity index (χ4v) is 2.94. The summed E-state index contributed by atoms with van der Waals surface area (Å²) in [5, 5.41) is 20.3. The zero-order chi connectivity index (χ0) is 15.7. The van der Waals surface area contributed by atoms with Gasteiger partial charge in [0.1, 0.15) is 0 Å². The fraction of sp³-hybridized carbons (Fsp3) is 0.562. The highest BCUT2D eigenvalue weighted by atomic mass is 19.1. The Morgan fingerprint density at radius 3 is 2.48 bits per heavy atom. The van der Waals surface area contributed by atoms with Crippen LogP contribution in [0.25, 0.3) is 0 Å². The van der Waals surface area contributed by atoms with Crippen LogP contribution < -0.4 is 0 Å². The smallest absolute Gasteiger partial charge is 0.258 e. The van der Waals surface area contributed by atoms with Crippen molar-refractivity contribution in [3.8, 4) is 6.07 Å². The van der Waals surface area contributed by atoms with Gasteiger partial charge in [-0.1, -0.05) is 26.0 Å². The summed E-state index contributed by atoms with van der Waals surface area (Å²) in [5.41, 5.74) is -0.644. The highest BCUT2D eigenvalue weighted by Crippen LogP contribution is 2.46. The molecule has 1 aliphatic carbocycles. The third kappa shape index (κ3) is 3.21. The molecular formula is C16H19FN2O2. The Bertz CT molecular complexity index is 595. The zero-order valence-electron chi connectivity index (χ0n) is 12.4. The molecule has 0 unspecified atom stereocenters. The van der Waals surface area contributed by atoms with Crippen molar-refractivity contribution in [3.63, 3.8) is 0 Å². The highest BCUT2D eigenvalue weighted by molar-refractivity contribution is 5.37. The van der Waals surface area contributed by atoms with E-state index in [1.165, 1.54) is 6.07 Å². The molecule has 0 atom stereocenters. The average Bonchev–Trinajstić information content (AvgIpc) is 2.43. The lowest BCUT2D eigenvalue weighted by Crippen LogP contribution is -2.32. The van der Waals surface area contributed by atoms with Crippen molar-refractivity contribution in [2.45, 2.75) is 46.0 Å². The van der Waals surface area contributed by atoms with Gasteiger partial charge in [0.15, 0.2) is 0 Å². The van der Waals surface area contributed by atoms with Gasteiger partial charge in [-0.3, -0.25) is 10.1 Å². The summed E-state index contributed by atoms with van der Waals surface area (Å²) in [5.74, 6) is -0.804. The van der Waals surface area contributed by atoms with E-state index in [0.29, 0.717) is 12.8 Å². The number of nitro benzene ring substituents is 1. The second kappa shape index (κ2) is 5.44. The molecule has 1 fully saturated rings. The molecule has 1 saturated carbocycles. The molecule has 0 heterocycles. The van der Waals surface area contributed by atoms with Crippen molar-refractivity contribution in [3.05, 3.63) is 39.7 Å². The van der Waals surface area contributed by atoms with E-state index in [-0.39, 0.29) is 17.4 Å². The summed E-state index contributed by atoms with van der Waals surface area (Å²) in [6, 6.07) is 6.52. The van der Waals surface area contributed by atoms with Crippen LogP contribution in [0, 0.1) is 38.1 Å². The molecule has 2 rings (SSSR count). The summed E-state index contributed by atoms with van der Waals surface area (Å²) in [4.78, 5) is 10.1. The normalized spacial score (nSPS) is 19.7. The van der Waals surface area contributed by atoms with Gasteiger partial charge in [-0.15, -0.1) is 0 Å². The summed E-state index contributed by atoms with van der Waals surface area (Å²) < 4.78 is 14.2. The van der Waals surface area contributed by atoms with Crippen molar-refractivity contribution in [1.29, 1.82) is 5.26 Å². The molecule has 5 heteroatoms. The molecule has 0 spiro atoms. The molecule has 0 N–H and O–H groups in total. The maximum absolute atomic E-state index is 14.2. The van der Waals surface area contributed by atoms with Gasteiger partial charge in [0.2, 0.25) is 5.82 Å². The molecule has 0 bridgehead atoms. The Morgan fingerprint density at radius 2 is 1.95 bits per heavy atom. The average molecular weight is 290 g/mol. The molecule has 0 radical (unpaired) electrons. The molecule has 1 aromatic rings. The minimum absolute atomic E-state index is 0.210. The summed E-state index contributed by atoms with van der Waals surface area (Å²) >= 11 is 0. The largest absolute Gasteiger partial charge is 0.305 e. The number of nitrogens with zero attached hydrogens (tertiary/aromatic N) is 2. The maximum Gasteiger partial charge on any atom is 0.305 e. The van der Waals surface area contributed by atoms with Gasteiger partial charge in [0, 0.05) is 6.07 Å². The molecular weight excluding hydrogens is 271 g/mol. The fourth-order valence-electron chi connectivity index (χ4n) is 2.94. The first-order valence-corrected chi connectivity index (χ1v) is 7.12. The lowest BCUT2D eigenvalue weighted by atomic mass is 9.64. The van der Waals surface area contributed by atoms with Crippen LogP contribution in [0.3, 0.4) is 0 Å². The first-order valence-electron chi connectivity index (χ1n) is 7.12.